The summed E-state index contributed by atoms with van der Waals surface area (Å²) in [4.78, 5) is 11.7. The van der Waals surface area contributed by atoms with Crippen molar-refractivity contribution in [2.24, 2.45) is 0 Å². The molecule has 0 heterocycles. The van der Waals surface area contributed by atoms with Gasteiger partial charge in [-0.1, -0.05) is 22.0 Å². The zero-order valence-corrected chi connectivity index (χ0v) is 12.4. The predicted molar refractivity (Wildman–Crippen MR) is 79.4 cm³/mol. The van der Waals surface area contributed by atoms with Crippen molar-refractivity contribution >= 4 is 27.5 Å². The number of carbonyl (C=O) groups is 1. The molecule has 1 amide bonds. The topological polar surface area (TPSA) is 38.3 Å². The van der Waals surface area contributed by atoms with E-state index in [-0.39, 0.29) is 18.3 Å². The number of halogens is 2. The summed E-state index contributed by atoms with van der Waals surface area (Å²) in [7, 11) is 0. The highest BCUT2D eigenvalue weighted by Gasteiger charge is 2.06. The molecule has 0 aliphatic heterocycles. The average molecular weight is 338 g/mol. The largest absolute Gasteiger partial charge is 0.483 e. The highest BCUT2D eigenvalue weighted by Crippen LogP contribution is 2.19. The van der Waals surface area contributed by atoms with Gasteiger partial charge in [0, 0.05) is 10.2 Å². The lowest BCUT2D eigenvalue weighted by atomic mass is 10.2. The summed E-state index contributed by atoms with van der Waals surface area (Å²) in [6.07, 6.45) is 0. The molecule has 0 atom stereocenters. The van der Waals surface area contributed by atoms with E-state index < -0.39 is 0 Å². The first kappa shape index (κ1) is 14.5. The van der Waals surface area contributed by atoms with Crippen LogP contribution in [-0.4, -0.2) is 12.5 Å². The molecule has 0 unspecified atom stereocenters. The van der Waals surface area contributed by atoms with Crippen molar-refractivity contribution < 1.29 is 13.9 Å². The number of rotatable bonds is 4. The normalized spacial score (nSPS) is 10.2. The Morgan fingerprint density at radius 3 is 2.80 bits per heavy atom. The fourth-order valence-corrected chi connectivity index (χ4v) is 2.08. The Balaban J connectivity index is 1.92. The maximum Gasteiger partial charge on any atom is 0.262 e. The van der Waals surface area contributed by atoms with Crippen LogP contribution in [0.25, 0.3) is 0 Å². The molecule has 2 rings (SSSR count). The number of ether oxygens (including phenoxy) is 1. The van der Waals surface area contributed by atoms with Crippen molar-refractivity contribution in [2.45, 2.75) is 6.92 Å². The molecule has 0 bridgehead atoms. The van der Waals surface area contributed by atoms with E-state index in [4.69, 9.17) is 4.74 Å². The first-order valence-electron chi connectivity index (χ1n) is 5.99. The van der Waals surface area contributed by atoms with E-state index in [1.807, 2.05) is 12.1 Å². The molecule has 0 aliphatic rings. The molecule has 2 aromatic carbocycles. The smallest absolute Gasteiger partial charge is 0.262 e. The summed E-state index contributed by atoms with van der Waals surface area (Å²) in [5.74, 6) is -0.101. The summed E-state index contributed by atoms with van der Waals surface area (Å²) >= 11 is 3.33. The Morgan fingerprint density at radius 1 is 1.30 bits per heavy atom. The lowest BCUT2D eigenvalue weighted by Gasteiger charge is -2.09. The van der Waals surface area contributed by atoms with Crippen LogP contribution in [0.5, 0.6) is 5.75 Å². The van der Waals surface area contributed by atoms with Crippen LogP contribution in [0.4, 0.5) is 10.1 Å². The second-order valence-electron chi connectivity index (χ2n) is 4.26. The Kier molecular flexibility index (Phi) is 4.74. The van der Waals surface area contributed by atoms with Gasteiger partial charge >= 0.3 is 0 Å². The van der Waals surface area contributed by atoms with Crippen molar-refractivity contribution in [3.05, 3.63) is 58.3 Å². The van der Waals surface area contributed by atoms with Gasteiger partial charge in [0.1, 0.15) is 11.6 Å². The van der Waals surface area contributed by atoms with E-state index in [9.17, 15) is 9.18 Å². The third kappa shape index (κ3) is 4.06. The second kappa shape index (κ2) is 6.52. The molecule has 0 radical (unpaired) electrons. The summed E-state index contributed by atoms with van der Waals surface area (Å²) in [6.45, 7) is 1.60. The number of benzene rings is 2. The SMILES string of the molecule is Cc1cc(F)ccc1OCC(=O)Nc1cccc(Br)c1. The molecule has 2 aromatic rings. The number of hydrogen-bond donors (Lipinski definition) is 1. The van der Waals surface area contributed by atoms with Crippen LogP contribution in [-0.2, 0) is 4.79 Å². The van der Waals surface area contributed by atoms with E-state index >= 15 is 0 Å². The van der Waals surface area contributed by atoms with Crippen molar-refractivity contribution in [1.29, 1.82) is 0 Å². The quantitative estimate of drug-likeness (QED) is 0.918. The Bertz CT molecular complexity index is 631. The number of aryl methyl sites for hydroxylation is 1. The number of carbonyl (C=O) groups excluding carboxylic acids is 1. The summed E-state index contributed by atoms with van der Waals surface area (Å²) < 4.78 is 19.2. The Hall–Kier alpha value is -1.88. The fraction of sp³-hybridized carbons (Fsp3) is 0.133. The maximum atomic E-state index is 12.9. The van der Waals surface area contributed by atoms with Crippen LogP contribution >= 0.6 is 15.9 Å². The predicted octanol–water partition coefficient (Wildman–Crippen LogP) is 3.91. The minimum absolute atomic E-state index is 0.126. The zero-order chi connectivity index (χ0) is 14.5. The third-order valence-electron chi connectivity index (χ3n) is 2.60. The maximum absolute atomic E-state index is 12.9. The van der Waals surface area contributed by atoms with Gasteiger partial charge in [0.05, 0.1) is 0 Å². The van der Waals surface area contributed by atoms with Crippen LogP contribution in [0.15, 0.2) is 46.9 Å². The molecule has 0 spiro atoms. The van der Waals surface area contributed by atoms with Crippen LogP contribution in [0.3, 0.4) is 0 Å². The van der Waals surface area contributed by atoms with Gasteiger partial charge in [-0.05, 0) is 48.9 Å². The van der Waals surface area contributed by atoms with Gasteiger partial charge in [-0.2, -0.15) is 0 Å². The third-order valence-corrected chi connectivity index (χ3v) is 3.10. The molecule has 20 heavy (non-hydrogen) atoms. The average Bonchev–Trinajstić information content (AvgIpc) is 2.37. The Morgan fingerprint density at radius 2 is 2.10 bits per heavy atom. The lowest BCUT2D eigenvalue weighted by Crippen LogP contribution is -2.20. The lowest BCUT2D eigenvalue weighted by molar-refractivity contribution is -0.118. The summed E-state index contributed by atoms with van der Waals surface area (Å²) in [5.41, 5.74) is 1.34. The molecule has 0 aliphatic carbocycles. The van der Waals surface area contributed by atoms with Gasteiger partial charge in [0.25, 0.3) is 5.91 Å². The second-order valence-corrected chi connectivity index (χ2v) is 5.17. The molecule has 0 saturated carbocycles. The Labute approximate surface area is 124 Å². The molecular formula is C15H13BrFNO2. The van der Waals surface area contributed by atoms with Gasteiger partial charge < -0.3 is 10.1 Å². The highest BCUT2D eigenvalue weighted by molar-refractivity contribution is 9.10. The molecule has 0 aromatic heterocycles. The van der Waals surface area contributed by atoms with E-state index in [0.29, 0.717) is 17.0 Å². The van der Waals surface area contributed by atoms with Crippen molar-refractivity contribution in [2.75, 3.05) is 11.9 Å². The van der Waals surface area contributed by atoms with E-state index in [1.165, 1.54) is 18.2 Å². The van der Waals surface area contributed by atoms with Crippen molar-refractivity contribution in [3.8, 4) is 5.75 Å². The van der Waals surface area contributed by atoms with Crippen molar-refractivity contribution in [1.82, 2.24) is 0 Å². The summed E-state index contributed by atoms with van der Waals surface area (Å²) in [6, 6.07) is 11.4. The number of nitrogens with one attached hydrogen (secondary N) is 1. The van der Waals surface area contributed by atoms with E-state index in [2.05, 4.69) is 21.2 Å². The standard InChI is InChI=1S/C15H13BrFNO2/c1-10-7-12(17)5-6-14(10)20-9-15(19)18-13-4-2-3-11(16)8-13/h2-8H,9H2,1H3,(H,18,19). The molecule has 104 valence electrons. The zero-order valence-electron chi connectivity index (χ0n) is 10.8. The first-order valence-corrected chi connectivity index (χ1v) is 6.78. The summed E-state index contributed by atoms with van der Waals surface area (Å²) in [5, 5.41) is 2.72. The number of amides is 1. The minimum Gasteiger partial charge on any atom is -0.483 e. The van der Waals surface area contributed by atoms with Crippen LogP contribution in [0.1, 0.15) is 5.56 Å². The van der Waals surface area contributed by atoms with Gasteiger partial charge in [0.2, 0.25) is 0 Å². The number of anilines is 1. The monoisotopic (exact) mass is 337 g/mol. The molecular weight excluding hydrogens is 325 g/mol. The molecule has 0 fully saturated rings. The minimum atomic E-state index is -0.326. The van der Waals surface area contributed by atoms with Gasteiger partial charge in [-0.15, -0.1) is 0 Å². The van der Waals surface area contributed by atoms with E-state index in [0.717, 1.165) is 4.47 Å². The fourth-order valence-electron chi connectivity index (χ4n) is 1.68. The van der Waals surface area contributed by atoms with E-state index in [1.54, 1.807) is 19.1 Å². The van der Waals surface area contributed by atoms with Gasteiger partial charge in [0.15, 0.2) is 6.61 Å². The van der Waals surface area contributed by atoms with Gasteiger partial charge in [-0.25, -0.2) is 4.39 Å². The van der Waals surface area contributed by atoms with Crippen LogP contribution in [0.2, 0.25) is 0 Å². The molecule has 3 nitrogen and oxygen atoms in total. The first-order chi connectivity index (χ1) is 9.54. The molecule has 1 N–H and O–H groups in total. The number of hydrogen-bond acceptors (Lipinski definition) is 2. The molecule has 5 heteroatoms. The van der Waals surface area contributed by atoms with Crippen molar-refractivity contribution in [3.63, 3.8) is 0 Å². The van der Waals surface area contributed by atoms with Crippen LogP contribution in [0, 0.1) is 12.7 Å². The molecule has 0 saturated heterocycles. The highest BCUT2D eigenvalue weighted by atomic mass is 79.9. The van der Waals surface area contributed by atoms with Crippen LogP contribution < -0.4 is 10.1 Å². The van der Waals surface area contributed by atoms with Gasteiger partial charge in [-0.3, -0.25) is 4.79 Å².